The number of alkyl halides is 3. The number of nitrogens with one attached hydrogen (secondary N) is 2. The van der Waals surface area contributed by atoms with Crippen LogP contribution in [0.15, 0.2) is 27.9 Å². The van der Waals surface area contributed by atoms with Gasteiger partial charge in [-0.2, -0.15) is 13.2 Å². The Morgan fingerprint density at radius 1 is 1.24 bits per heavy atom. The van der Waals surface area contributed by atoms with Gasteiger partial charge in [-0.15, -0.1) is 10.2 Å². The molecule has 202 valence electrons. The number of rotatable bonds is 10. The molecule has 16 heteroatoms. The third kappa shape index (κ3) is 5.84. The van der Waals surface area contributed by atoms with Crippen LogP contribution in [-0.4, -0.2) is 58.7 Å². The second kappa shape index (κ2) is 11.3. The summed E-state index contributed by atoms with van der Waals surface area (Å²) < 4.78 is 44.7. The molecule has 38 heavy (non-hydrogen) atoms. The van der Waals surface area contributed by atoms with E-state index in [0.29, 0.717) is 34.0 Å². The van der Waals surface area contributed by atoms with Gasteiger partial charge in [-0.05, 0) is 34.5 Å². The largest absolute Gasteiger partial charge is 0.490 e. The normalized spacial score (nSPS) is 11.8. The number of imidazole rings is 1. The van der Waals surface area contributed by atoms with Crippen molar-refractivity contribution in [2.45, 2.75) is 51.9 Å². The van der Waals surface area contributed by atoms with E-state index in [-0.39, 0.29) is 29.8 Å². The molecule has 1 amide bonds. The minimum absolute atomic E-state index is 0.0305. The number of amides is 1. The van der Waals surface area contributed by atoms with E-state index in [0.717, 1.165) is 19.3 Å². The molecule has 0 aliphatic carbocycles. The summed E-state index contributed by atoms with van der Waals surface area (Å²) in [5, 5.41) is 11.0. The lowest BCUT2D eigenvalue weighted by atomic mass is 10.2. The fourth-order valence-electron chi connectivity index (χ4n) is 3.77. The third-order valence-electron chi connectivity index (χ3n) is 5.56. The van der Waals surface area contributed by atoms with E-state index in [1.807, 2.05) is 4.57 Å². The number of ether oxygens (including phenoxy) is 1. The van der Waals surface area contributed by atoms with Crippen molar-refractivity contribution in [3.8, 4) is 0 Å². The van der Waals surface area contributed by atoms with Crippen LogP contribution in [-0.2, 0) is 29.1 Å². The summed E-state index contributed by atoms with van der Waals surface area (Å²) in [6.45, 7) is 2.01. The molecule has 0 aromatic carbocycles. The summed E-state index contributed by atoms with van der Waals surface area (Å²) in [6, 6.07) is 2.58. The van der Waals surface area contributed by atoms with Crippen molar-refractivity contribution in [3.05, 3.63) is 50.5 Å². The van der Waals surface area contributed by atoms with E-state index in [9.17, 15) is 27.6 Å². The molecule has 0 atom stereocenters. The van der Waals surface area contributed by atoms with Crippen LogP contribution in [0.4, 0.5) is 13.2 Å². The molecule has 0 saturated heterocycles. The molecule has 0 aliphatic rings. The number of hydrogen-bond acceptors (Lipinski definition) is 8. The number of aromatic nitrogens is 7. The van der Waals surface area contributed by atoms with Crippen molar-refractivity contribution < 1.29 is 27.5 Å². The Hall–Kier alpha value is -3.82. The topological polar surface area (TPSA) is 149 Å². The fourth-order valence-corrected chi connectivity index (χ4v) is 4.14. The summed E-state index contributed by atoms with van der Waals surface area (Å²) in [4.78, 5) is 47.7. The van der Waals surface area contributed by atoms with Crippen molar-refractivity contribution in [2.24, 2.45) is 0 Å². The second-order valence-corrected chi connectivity index (χ2v) is 9.01. The first-order valence-corrected chi connectivity index (χ1v) is 12.4. The Morgan fingerprint density at radius 3 is 2.76 bits per heavy atom. The van der Waals surface area contributed by atoms with Gasteiger partial charge in [0.05, 0.1) is 5.69 Å². The highest BCUT2D eigenvalue weighted by atomic mass is 79.9. The molecule has 0 fully saturated rings. The fraction of sp³-hybridized carbons (Fsp3) is 0.409. The number of aryl methyl sites for hydroxylation is 1. The van der Waals surface area contributed by atoms with Crippen LogP contribution < -0.4 is 10.9 Å². The van der Waals surface area contributed by atoms with E-state index >= 15 is 0 Å². The van der Waals surface area contributed by atoms with Gasteiger partial charge < -0.3 is 15.0 Å². The average Bonchev–Trinajstić information content (AvgIpc) is 3.48. The average molecular weight is 599 g/mol. The van der Waals surface area contributed by atoms with Gasteiger partial charge in [0, 0.05) is 31.3 Å². The monoisotopic (exact) mass is 598 g/mol. The molecule has 4 aromatic heterocycles. The van der Waals surface area contributed by atoms with E-state index in [2.05, 4.69) is 58.1 Å². The number of fused-ring (bicyclic) bond motifs is 2. The van der Waals surface area contributed by atoms with E-state index < -0.39 is 24.7 Å². The lowest BCUT2D eigenvalue weighted by molar-refractivity contribution is -0.201. The van der Waals surface area contributed by atoms with Gasteiger partial charge in [0.2, 0.25) is 5.78 Å². The number of pyridine rings is 1. The van der Waals surface area contributed by atoms with E-state index in [1.54, 1.807) is 0 Å². The third-order valence-corrected chi connectivity index (χ3v) is 5.94. The molecular weight excluding hydrogens is 577 g/mol. The Bertz CT molecular complexity index is 1550. The predicted octanol–water partition coefficient (Wildman–Crippen LogP) is 2.69. The molecule has 4 heterocycles. The minimum Gasteiger partial charge on any atom is -0.453 e. The lowest BCUT2D eigenvalue weighted by Crippen LogP contribution is -2.28. The number of halogens is 4. The highest BCUT2D eigenvalue weighted by Gasteiger charge is 2.41. The van der Waals surface area contributed by atoms with Crippen LogP contribution in [0.1, 0.15) is 48.1 Å². The van der Waals surface area contributed by atoms with Gasteiger partial charge in [0.25, 0.3) is 11.5 Å². The summed E-state index contributed by atoms with van der Waals surface area (Å²) >= 11 is 3.27. The van der Waals surface area contributed by atoms with Gasteiger partial charge in [0.1, 0.15) is 12.4 Å². The molecule has 2 N–H and O–H groups in total. The molecule has 0 aliphatic heterocycles. The first-order chi connectivity index (χ1) is 18.1. The smallest absolute Gasteiger partial charge is 0.453 e. The van der Waals surface area contributed by atoms with Crippen molar-refractivity contribution >= 4 is 44.7 Å². The summed E-state index contributed by atoms with van der Waals surface area (Å²) in [5.41, 5.74) is 0.454. The Kier molecular flexibility index (Phi) is 8.08. The maximum Gasteiger partial charge on any atom is 0.490 e. The van der Waals surface area contributed by atoms with Crippen molar-refractivity contribution in [1.29, 1.82) is 0 Å². The molecule has 4 rings (SSSR count). The quantitative estimate of drug-likeness (QED) is 0.161. The second-order valence-electron chi connectivity index (χ2n) is 8.26. The number of esters is 1. The molecule has 4 aromatic rings. The van der Waals surface area contributed by atoms with Gasteiger partial charge in [-0.3, -0.25) is 19.1 Å². The first kappa shape index (κ1) is 27.2. The zero-order valence-electron chi connectivity index (χ0n) is 20.0. The lowest BCUT2D eigenvalue weighted by Gasteiger charge is -2.10. The van der Waals surface area contributed by atoms with Crippen molar-refractivity contribution in [3.63, 3.8) is 0 Å². The molecule has 0 saturated carbocycles. The summed E-state index contributed by atoms with van der Waals surface area (Å²) in [6.07, 6.45) is -0.889. The summed E-state index contributed by atoms with van der Waals surface area (Å²) in [5.74, 6) is -2.22. The number of carbonyl (C=O) groups is 2. The molecule has 0 radical (unpaired) electrons. The maximum atomic E-state index is 13.2. The number of unbranched alkanes of at least 4 members (excludes halogenated alkanes) is 2. The van der Waals surface area contributed by atoms with Crippen LogP contribution in [0.2, 0.25) is 0 Å². The Balaban J connectivity index is 1.47. The number of nitrogens with zero attached hydrogens (tertiary/aromatic N) is 6. The molecule has 0 bridgehead atoms. The molecule has 0 unspecified atom stereocenters. The van der Waals surface area contributed by atoms with Gasteiger partial charge in [-0.1, -0.05) is 19.8 Å². The van der Waals surface area contributed by atoms with Crippen molar-refractivity contribution in [1.82, 2.24) is 39.4 Å². The zero-order chi connectivity index (χ0) is 27.4. The molecular formula is C22H22BrF3N8O4. The van der Waals surface area contributed by atoms with Gasteiger partial charge in [0.15, 0.2) is 15.9 Å². The highest BCUT2D eigenvalue weighted by Crippen LogP contribution is 2.18. The van der Waals surface area contributed by atoms with E-state index in [4.69, 9.17) is 0 Å². The standard InChI is InChI=1S/C22H22BrF3N8O4/c1-2-3-4-9-33-16-15(29-20(23)30-16)18(36)34-14(31-32-21(33)34)6-8-28-17(35)12-5-7-27-13(10-12)11-38-19(37)22(24,25)26/h5,7,10H,2-4,6,8-9,11H2,1H3,(H,28,35)(H,29,30). The number of H-pyrrole nitrogens is 1. The Morgan fingerprint density at radius 2 is 2.03 bits per heavy atom. The first-order valence-electron chi connectivity index (χ1n) is 11.6. The van der Waals surface area contributed by atoms with Crippen LogP contribution in [0.3, 0.4) is 0 Å². The SMILES string of the molecule is CCCCCn1c2nc(Br)[nH]c2c(=O)n2c(CCNC(=O)c3ccnc(COC(=O)C(F)(F)F)c3)nnc12. The highest BCUT2D eigenvalue weighted by molar-refractivity contribution is 9.10. The molecule has 0 spiro atoms. The summed E-state index contributed by atoms with van der Waals surface area (Å²) in [7, 11) is 0. The number of aromatic amines is 1. The van der Waals surface area contributed by atoms with Crippen LogP contribution in [0, 0.1) is 0 Å². The number of carbonyl (C=O) groups excluding carboxylic acids is 2. The number of hydrogen-bond donors (Lipinski definition) is 2. The molecule has 12 nitrogen and oxygen atoms in total. The zero-order valence-corrected chi connectivity index (χ0v) is 21.6. The minimum atomic E-state index is -5.13. The maximum absolute atomic E-state index is 13.2. The van der Waals surface area contributed by atoms with E-state index in [1.165, 1.54) is 22.7 Å². The van der Waals surface area contributed by atoms with Gasteiger partial charge in [-0.25, -0.2) is 14.2 Å². The van der Waals surface area contributed by atoms with Crippen LogP contribution >= 0.6 is 15.9 Å². The predicted molar refractivity (Wildman–Crippen MR) is 130 cm³/mol. The van der Waals surface area contributed by atoms with Gasteiger partial charge >= 0.3 is 12.1 Å². The Labute approximate surface area is 220 Å². The van der Waals surface area contributed by atoms with Crippen LogP contribution in [0.5, 0.6) is 0 Å². The van der Waals surface area contributed by atoms with Crippen LogP contribution in [0.25, 0.3) is 16.9 Å². The van der Waals surface area contributed by atoms with Crippen molar-refractivity contribution in [2.75, 3.05) is 6.54 Å².